The van der Waals surface area contributed by atoms with Crippen LogP contribution in [0.1, 0.15) is 16.6 Å². The van der Waals surface area contributed by atoms with Crippen LogP contribution in [0.15, 0.2) is 27.0 Å². The maximum Gasteiger partial charge on any atom is 0.228 e. The van der Waals surface area contributed by atoms with Gasteiger partial charge < -0.3 is 14.7 Å². The van der Waals surface area contributed by atoms with Gasteiger partial charge in [-0.15, -0.1) is 35.3 Å². The molecule has 0 aromatic carbocycles. The molecule has 8 heteroatoms. The first-order valence-corrected chi connectivity index (χ1v) is 7.80. The monoisotopic (exact) mass is 435 g/mol. The topological polar surface area (TPSA) is 66.5 Å². The Morgan fingerprint density at radius 2 is 2.27 bits per heavy atom. The van der Waals surface area contributed by atoms with Crippen molar-refractivity contribution in [3.8, 4) is 0 Å². The second kappa shape index (κ2) is 9.78. The maximum atomic E-state index is 5.08. The predicted octanol–water partition coefficient (Wildman–Crippen LogP) is 2.35. The molecule has 1 N–H and O–H groups in total. The molecule has 0 saturated carbocycles. The summed E-state index contributed by atoms with van der Waals surface area (Å²) in [6, 6.07) is 4.24. The second-order valence-electron chi connectivity index (χ2n) is 4.71. The van der Waals surface area contributed by atoms with Crippen molar-refractivity contribution in [1.29, 1.82) is 0 Å². The molecule has 6 nitrogen and oxygen atoms in total. The van der Waals surface area contributed by atoms with Crippen molar-refractivity contribution in [2.24, 2.45) is 4.99 Å². The van der Waals surface area contributed by atoms with Crippen LogP contribution in [0.25, 0.3) is 0 Å². The minimum atomic E-state index is 0. The van der Waals surface area contributed by atoms with Gasteiger partial charge in [0.15, 0.2) is 11.8 Å². The van der Waals surface area contributed by atoms with Crippen LogP contribution in [-0.4, -0.2) is 48.2 Å². The van der Waals surface area contributed by atoms with Crippen LogP contribution in [0.3, 0.4) is 0 Å². The number of likely N-dealkylation sites (N-methyl/N-ethyl adjacent to an activating group) is 1. The van der Waals surface area contributed by atoms with Gasteiger partial charge in [-0.05, 0) is 24.8 Å². The SMILES string of the molecule is CN=C(NCCc1nc(C)no1)N(C)CCc1cccs1.I. The fourth-order valence-corrected chi connectivity index (χ4v) is 2.64. The summed E-state index contributed by atoms with van der Waals surface area (Å²) in [6.07, 6.45) is 1.72. The minimum absolute atomic E-state index is 0. The van der Waals surface area contributed by atoms with Gasteiger partial charge in [0.25, 0.3) is 0 Å². The first kappa shape index (κ1) is 18.9. The number of hydrogen-bond donors (Lipinski definition) is 1. The lowest BCUT2D eigenvalue weighted by molar-refractivity contribution is 0.373. The molecule has 0 bridgehead atoms. The molecule has 0 aliphatic carbocycles. The molecular formula is C14H22IN5OS. The smallest absolute Gasteiger partial charge is 0.228 e. The van der Waals surface area contributed by atoms with Gasteiger partial charge in [0.2, 0.25) is 5.89 Å². The second-order valence-corrected chi connectivity index (χ2v) is 5.74. The van der Waals surface area contributed by atoms with Crippen molar-refractivity contribution in [2.75, 3.05) is 27.2 Å². The fraction of sp³-hybridized carbons (Fsp3) is 0.500. The van der Waals surface area contributed by atoms with Gasteiger partial charge >= 0.3 is 0 Å². The van der Waals surface area contributed by atoms with E-state index in [1.807, 2.05) is 14.0 Å². The van der Waals surface area contributed by atoms with Gasteiger partial charge in [0.1, 0.15) is 0 Å². The molecule has 0 spiro atoms. The van der Waals surface area contributed by atoms with Crippen LogP contribution in [0.5, 0.6) is 0 Å². The molecule has 0 saturated heterocycles. The standard InChI is InChI=1S/C14H21N5OS.HI/c1-11-17-13(20-18-11)6-8-16-14(15-2)19(3)9-7-12-5-4-10-21-12;/h4-5,10H,6-9H2,1-3H3,(H,15,16);1H. The normalized spacial score (nSPS) is 11.1. The molecular weight excluding hydrogens is 413 g/mol. The predicted molar refractivity (Wildman–Crippen MR) is 100 cm³/mol. The molecule has 0 aliphatic rings. The molecule has 0 aliphatic heterocycles. The van der Waals surface area contributed by atoms with E-state index in [2.05, 4.69) is 42.9 Å². The fourth-order valence-electron chi connectivity index (χ4n) is 1.95. The molecule has 0 atom stereocenters. The Morgan fingerprint density at radius 3 is 2.86 bits per heavy atom. The quantitative estimate of drug-likeness (QED) is 0.429. The van der Waals surface area contributed by atoms with Crippen LogP contribution >= 0.6 is 35.3 Å². The zero-order valence-corrected chi connectivity index (χ0v) is 16.2. The molecule has 2 aromatic rings. The number of guanidine groups is 1. The van der Waals surface area contributed by atoms with Crippen molar-refractivity contribution < 1.29 is 4.52 Å². The van der Waals surface area contributed by atoms with E-state index in [1.165, 1.54) is 4.88 Å². The summed E-state index contributed by atoms with van der Waals surface area (Å²) in [5.74, 6) is 2.20. The van der Waals surface area contributed by atoms with Gasteiger partial charge in [-0.2, -0.15) is 4.98 Å². The lowest BCUT2D eigenvalue weighted by Gasteiger charge is -2.21. The molecule has 0 unspecified atom stereocenters. The van der Waals surface area contributed by atoms with Crippen LogP contribution < -0.4 is 5.32 Å². The average molecular weight is 435 g/mol. The molecule has 0 amide bonds. The Hall–Kier alpha value is -1.16. The van der Waals surface area contributed by atoms with E-state index >= 15 is 0 Å². The van der Waals surface area contributed by atoms with E-state index in [1.54, 1.807) is 18.4 Å². The summed E-state index contributed by atoms with van der Waals surface area (Å²) in [6.45, 7) is 3.47. The molecule has 2 aromatic heterocycles. The molecule has 0 fully saturated rings. The van der Waals surface area contributed by atoms with Crippen LogP contribution in [-0.2, 0) is 12.8 Å². The number of aryl methyl sites for hydroxylation is 1. The summed E-state index contributed by atoms with van der Waals surface area (Å²) < 4.78 is 5.08. The highest BCUT2D eigenvalue weighted by molar-refractivity contribution is 14.0. The summed E-state index contributed by atoms with van der Waals surface area (Å²) in [7, 11) is 3.83. The number of thiophene rings is 1. The number of halogens is 1. The van der Waals surface area contributed by atoms with E-state index in [0.717, 1.165) is 25.5 Å². The molecule has 0 radical (unpaired) electrons. The highest BCUT2D eigenvalue weighted by Gasteiger charge is 2.07. The molecule has 22 heavy (non-hydrogen) atoms. The van der Waals surface area contributed by atoms with E-state index in [-0.39, 0.29) is 24.0 Å². The minimum Gasteiger partial charge on any atom is -0.356 e. The number of nitrogens with one attached hydrogen (secondary N) is 1. The Morgan fingerprint density at radius 1 is 1.45 bits per heavy atom. The molecule has 122 valence electrons. The number of nitrogens with zero attached hydrogens (tertiary/aromatic N) is 4. The van der Waals surface area contributed by atoms with Crippen molar-refractivity contribution in [3.05, 3.63) is 34.1 Å². The number of rotatable bonds is 6. The summed E-state index contributed by atoms with van der Waals surface area (Å²) in [5.41, 5.74) is 0. The van der Waals surface area contributed by atoms with E-state index in [0.29, 0.717) is 18.1 Å². The summed E-state index contributed by atoms with van der Waals surface area (Å²) >= 11 is 1.79. The van der Waals surface area contributed by atoms with Crippen molar-refractivity contribution in [1.82, 2.24) is 20.4 Å². The third kappa shape index (κ3) is 5.91. The zero-order chi connectivity index (χ0) is 15.1. The molecule has 2 heterocycles. The number of aromatic nitrogens is 2. The maximum absolute atomic E-state index is 5.08. The Bertz CT molecular complexity index is 570. The Balaban J connectivity index is 0.00000242. The number of aliphatic imine (C=N–C) groups is 1. The Labute approximate surface area is 152 Å². The zero-order valence-electron chi connectivity index (χ0n) is 13.1. The Kier molecular flexibility index (Phi) is 8.39. The van der Waals surface area contributed by atoms with Gasteiger partial charge in [0.05, 0.1) is 0 Å². The first-order valence-electron chi connectivity index (χ1n) is 6.92. The van der Waals surface area contributed by atoms with Crippen molar-refractivity contribution in [2.45, 2.75) is 19.8 Å². The van der Waals surface area contributed by atoms with Crippen molar-refractivity contribution in [3.63, 3.8) is 0 Å². The van der Waals surface area contributed by atoms with Gasteiger partial charge in [-0.1, -0.05) is 11.2 Å². The van der Waals surface area contributed by atoms with Crippen LogP contribution in [0.2, 0.25) is 0 Å². The van der Waals surface area contributed by atoms with Crippen molar-refractivity contribution >= 4 is 41.3 Å². The van der Waals surface area contributed by atoms with Gasteiger partial charge in [0, 0.05) is 38.5 Å². The first-order chi connectivity index (χ1) is 10.2. The van der Waals surface area contributed by atoms with Crippen LogP contribution in [0, 0.1) is 6.92 Å². The third-order valence-corrected chi connectivity index (χ3v) is 3.97. The highest BCUT2D eigenvalue weighted by Crippen LogP contribution is 2.09. The third-order valence-electron chi connectivity index (χ3n) is 3.04. The van der Waals surface area contributed by atoms with Gasteiger partial charge in [-0.25, -0.2) is 0 Å². The average Bonchev–Trinajstić information content (AvgIpc) is 3.12. The van der Waals surface area contributed by atoms with E-state index in [9.17, 15) is 0 Å². The van der Waals surface area contributed by atoms with E-state index in [4.69, 9.17) is 4.52 Å². The highest BCUT2D eigenvalue weighted by atomic mass is 127. The summed E-state index contributed by atoms with van der Waals surface area (Å²) in [4.78, 5) is 12.0. The molecule has 2 rings (SSSR count). The van der Waals surface area contributed by atoms with Gasteiger partial charge in [-0.3, -0.25) is 4.99 Å². The van der Waals surface area contributed by atoms with E-state index < -0.39 is 0 Å². The van der Waals surface area contributed by atoms with Crippen LogP contribution in [0.4, 0.5) is 0 Å². The largest absolute Gasteiger partial charge is 0.356 e. The number of hydrogen-bond acceptors (Lipinski definition) is 5. The summed E-state index contributed by atoms with van der Waals surface area (Å²) in [5, 5.41) is 9.19. The lowest BCUT2D eigenvalue weighted by Crippen LogP contribution is -2.40. The lowest BCUT2D eigenvalue weighted by atomic mass is 10.3.